The van der Waals surface area contributed by atoms with Gasteiger partial charge in [-0.25, -0.2) is 4.39 Å². The molecule has 1 aliphatic heterocycles. The van der Waals surface area contributed by atoms with Crippen molar-refractivity contribution < 1.29 is 4.39 Å². The molecule has 0 atom stereocenters. The molecule has 112 valence electrons. The number of nitrogens with zero attached hydrogens (tertiary/aromatic N) is 3. The van der Waals surface area contributed by atoms with Gasteiger partial charge in [0, 0.05) is 17.6 Å². The lowest BCUT2D eigenvalue weighted by Gasteiger charge is -2.30. The molecule has 3 N–H and O–H groups in total. The van der Waals surface area contributed by atoms with Crippen LogP contribution in [0.2, 0.25) is 0 Å². The van der Waals surface area contributed by atoms with Crippen molar-refractivity contribution in [1.82, 2.24) is 15.2 Å². The van der Waals surface area contributed by atoms with Crippen LogP contribution in [0, 0.1) is 11.7 Å². The first-order valence-corrected chi connectivity index (χ1v) is 7.80. The molecule has 1 aromatic heterocycles. The fourth-order valence-electron chi connectivity index (χ4n) is 2.60. The van der Waals surface area contributed by atoms with Gasteiger partial charge in [0.2, 0.25) is 5.95 Å². The lowest BCUT2D eigenvalue weighted by molar-refractivity contribution is 0.411. The van der Waals surface area contributed by atoms with E-state index in [0.717, 1.165) is 32.5 Å². The Morgan fingerprint density at radius 1 is 1.38 bits per heavy atom. The van der Waals surface area contributed by atoms with Crippen molar-refractivity contribution in [2.75, 3.05) is 24.5 Å². The zero-order valence-electron chi connectivity index (χ0n) is 11.5. The van der Waals surface area contributed by atoms with Gasteiger partial charge in [-0.3, -0.25) is 5.10 Å². The molecule has 21 heavy (non-hydrogen) atoms. The molecule has 3 rings (SSSR count). The maximum absolute atomic E-state index is 13.9. The van der Waals surface area contributed by atoms with Crippen LogP contribution in [0.15, 0.2) is 22.7 Å². The Hall–Kier alpha value is -1.47. The highest BCUT2D eigenvalue weighted by atomic mass is 79.9. The van der Waals surface area contributed by atoms with Gasteiger partial charge in [0.05, 0.1) is 5.56 Å². The summed E-state index contributed by atoms with van der Waals surface area (Å²) in [6.07, 6.45) is 2.09. The van der Waals surface area contributed by atoms with E-state index in [-0.39, 0.29) is 5.82 Å². The van der Waals surface area contributed by atoms with E-state index in [1.807, 2.05) is 0 Å². The normalized spacial score (nSPS) is 16.4. The molecular formula is C14H17BrFN5. The number of benzene rings is 1. The van der Waals surface area contributed by atoms with Crippen molar-refractivity contribution in [2.45, 2.75) is 12.8 Å². The number of anilines is 1. The summed E-state index contributed by atoms with van der Waals surface area (Å²) in [6, 6.07) is 4.85. The Kier molecular flexibility index (Phi) is 4.21. The van der Waals surface area contributed by atoms with Crippen molar-refractivity contribution in [3.8, 4) is 11.4 Å². The van der Waals surface area contributed by atoms with Crippen molar-refractivity contribution in [3.05, 3.63) is 28.5 Å². The van der Waals surface area contributed by atoms with Crippen LogP contribution in [-0.2, 0) is 0 Å². The third-order valence-electron chi connectivity index (χ3n) is 3.90. The van der Waals surface area contributed by atoms with E-state index in [1.165, 1.54) is 6.07 Å². The fourth-order valence-corrected chi connectivity index (χ4v) is 3.13. The van der Waals surface area contributed by atoms with Crippen LogP contribution < -0.4 is 10.6 Å². The predicted octanol–water partition coefficient (Wildman–Crippen LogP) is 2.55. The average Bonchev–Trinajstić information content (AvgIpc) is 2.97. The largest absolute Gasteiger partial charge is 0.340 e. The highest BCUT2D eigenvalue weighted by Crippen LogP contribution is 2.29. The van der Waals surface area contributed by atoms with Crippen LogP contribution in [0.1, 0.15) is 12.8 Å². The second-order valence-corrected chi connectivity index (χ2v) is 6.10. The zero-order valence-corrected chi connectivity index (χ0v) is 13.1. The van der Waals surface area contributed by atoms with E-state index >= 15 is 0 Å². The lowest BCUT2D eigenvalue weighted by atomic mass is 9.97. The van der Waals surface area contributed by atoms with Crippen molar-refractivity contribution >= 4 is 21.9 Å². The molecule has 2 aromatic rings. The second kappa shape index (κ2) is 6.11. The molecule has 7 heteroatoms. The number of hydrogen-bond donors (Lipinski definition) is 2. The minimum Gasteiger partial charge on any atom is -0.340 e. The molecule has 0 saturated carbocycles. The van der Waals surface area contributed by atoms with Crippen LogP contribution in [0.5, 0.6) is 0 Å². The van der Waals surface area contributed by atoms with E-state index in [4.69, 9.17) is 5.73 Å². The Bertz CT molecular complexity index is 601. The van der Waals surface area contributed by atoms with Crippen LogP contribution >= 0.6 is 15.9 Å². The molecule has 0 spiro atoms. The summed E-state index contributed by atoms with van der Waals surface area (Å²) in [7, 11) is 0. The molecule has 0 amide bonds. The molecule has 1 saturated heterocycles. The number of aromatic amines is 1. The molecular weight excluding hydrogens is 337 g/mol. The zero-order chi connectivity index (χ0) is 14.8. The molecule has 0 bridgehead atoms. The number of rotatable bonds is 3. The first-order chi connectivity index (χ1) is 10.2. The Morgan fingerprint density at radius 3 is 2.81 bits per heavy atom. The van der Waals surface area contributed by atoms with E-state index in [2.05, 4.69) is 36.0 Å². The summed E-state index contributed by atoms with van der Waals surface area (Å²) in [5.74, 6) is 1.32. The number of hydrogen-bond acceptors (Lipinski definition) is 4. The fraction of sp³-hybridized carbons (Fsp3) is 0.429. The molecule has 0 aliphatic carbocycles. The monoisotopic (exact) mass is 353 g/mol. The van der Waals surface area contributed by atoms with Gasteiger partial charge < -0.3 is 10.6 Å². The van der Waals surface area contributed by atoms with Crippen LogP contribution in [-0.4, -0.2) is 34.8 Å². The number of aromatic nitrogens is 3. The van der Waals surface area contributed by atoms with E-state index in [9.17, 15) is 4.39 Å². The van der Waals surface area contributed by atoms with Crippen LogP contribution in [0.3, 0.4) is 0 Å². The summed E-state index contributed by atoms with van der Waals surface area (Å²) in [5.41, 5.74) is 6.11. The molecule has 0 radical (unpaired) electrons. The van der Waals surface area contributed by atoms with Crippen molar-refractivity contribution in [2.24, 2.45) is 11.7 Å². The van der Waals surface area contributed by atoms with Gasteiger partial charge in [0.15, 0.2) is 5.82 Å². The smallest absolute Gasteiger partial charge is 0.245 e. The topological polar surface area (TPSA) is 70.8 Å². The van der Waals surface area contributed by atoms with Crippen LogP contribution in [0.4, 0.5) is 10.3 Å². The molecule has 0 unspecified atom stereocenters. The van der Waals surface area contributed by atoms with Crippen molar-refractivity contribution in [3.63, 3.8) is 0 Å². The third-order valence-corrected chi connectivity index (χ3v) is 4.56. The summed E-state index contributed by atoms with van der Waals surface area (Å²) in [5, 5.41) is 7.05. The van der Waals surface area contributed by atoms with Gasteiger partial charge in [0.1, 0.15) is 5.82 Å². The van der Waals surface area contributed by atoms with E-state index < -0.39 is 0 Å². The maximum Gasteiger partial charge on any atom is 0.245 e. The minimum atomic E-state index is -0.325. The predicted molar refractivity (Wildman–Crippen MR) is 83.5 cm³/mol. The highest BCUT2D eigenvalue weighted by molar-refractivity contribution is 9.10. The highest BCUT2D eigenvalue weighted by Gasteiger charge is 2.22. The van der Waals surface area contributed by atoms with E-state index in [1.54, 1.807) is 12.1 Å². The quantitative estimate of drug-likeness (QED) is 0.889. The van der Waals surface area contributed by atoms with Gasteiger partial charge >= 0.3 is 0 Å². The van der Waals surface area contributed by atoms with Gasteiger partial charge in [-0.15, -0.1) is 5.10 Å². The second-order valence-electron chi connectivity index (χ2n) is 5.25. The number of halogens is 2. The molecule has 1 fully saturated rings. The Morgan fingerprint density at radius 2 is 2.14 bits per heavy atom. The average molecular weight is 354 g/mol. The SMILES string of the molecule is NCC1CCN(c2n[nH]c(-c3c(F)cccc3Br)n2)CC1. The maximum atomic E-state index is 13.9. The number of H-pyrrole nitrogens is 1. The van der Waals surface area contributed by atoms with Crippen molar-refractivity contribution in [1.29, 1.82) is 0 Å². The third kappa shape index (κ3) is 2.94. The Balaban J connectivity index is 1.81. The molecule has 2 heterocycles. The minimum absolute atomic E-state index is 0.325. The molecule has 1 aliphatic rings. The first-order valence-electron chi connectivity index (χ1n) is 7.01. The van der Waals surface area contributed by atoms with Gasteiger partial charge in [-0.05, 0) is 53.4 Å². The first kappa shape index (κ1) is 14.5. The standard InChI is InChI=1S/C14H17BrFN5/c15-10-2-1-3-11(16)12(10)13-18-14(20-19-13)21-6-4-9(8-17)5-7-21/h1-3,9H,4-8,17H2,(H,18,19,20). The van der Waals surface area contributed by atoms with Gasteiger partial charge in [-0.1, -0.05) is 6.07 Å². The number of nitrogens with one attached hydrogen (secondary N) is 1. The summed E-state index contributed by atoms with van der Waals surface area (Å²) < 4.78 is 14.6. The van der Waals surface area contributed by atoms with Gasteiger partial charge in [-0.2, -0.15) is 4.98 Å². The summed E-state index contributed by atoms with van der Waals surface area (Å²) in [4.78, 5) is 6.55. The van der Waals surface area contributed by atoms with Crippen LogP contribution in [0.25, 0.3) is 11.4 Å². The Labute approximate surface area is 130 Å². The summed E-state index contributed by atoms with van der Waals surface area (Å²) in [6.45, 7) is 2.50. The van der Waals surface area contributed by atoms with E-state index in [0.29, 0.717) is 27.7 Å². The number of piperidine rings is 1. The van der Waals surface area contributed by atoms with Gasteiger partial charge in [0.25, 0.3) is 0 Å². The molecule has 5 nitrogen and oxygen atoms in total. The lowest BCUT2D eigenvalue weighted by Crippen LogP contribution is -2.36. The number of nitrogens with two attached hydrogens (primary N) is 1. The molecule has 1 aromatic carbocycles. The summed E-state index contributed by atoms with van der Waals surface area (Å²) >= 11 is 3.35.